The van der Waals surface area contributed by atoms with Crippen LogP contribution < -0.4 is 10.9 Å². The van der Waals surface area contributed by atoms with E-state index in [9.17, 15) is 9.18 Å². The first-order chi connectivity index (χ1) is 9.10. The van der Waals surface area contributed by atoms with E-state index in [0.717, 1.165) is 0 Å². The van der Waals surface area contributed by atoms with Gasteiger partial charge in [0.15, 0.2) is 0 Å². The number of nitrogens with zero attached hydrogens (tertiary/aromatic N) is 1. The van der Waals surface area contributed by atoms with Crippen LogP contribution in [-0.2, 0) is 11.3 Å². The third-order valence-corrected chi connectivity index (χ3v) is 2.61. The molecule has 2 rings (SSSR count). The summed E-state index contributed by atoms with van der Waals surface area (Å²) in [6.45, 7) is 1.88. The smallest absolute Gasteiger partial charge is 0.252 e. The number of H-pyrrole nitrogens is 1. The van der Waals surface area contributed by atoms with E-state index >= 15 is 0 Å². The molecule has 1 aromatic carbocycles. The summed E-state index contributed by atoms with van der Waals surface area (Å²) in [4.78, 5) is 18.2. The summed E-state index contributed by atoms with van der Waals surface area (Å²) in [6, 6.07) is 6.02. The molecule has 0 saturated heterocycles. The van der Waals surface area contributed by atoms with Crippen molar-refractivity contribution in [2.24, 2.45) is 0 Å². The van der Waals surface area contributed by atoms with Gasteiger partial charge in [0.05, 0.1) is 12.3 Å². The van der Waals surface area contributed by atoms with Crippen molar-refractivity contribution in [2.75, 3.05) is 12.4 Å². The van der Waals surface area contributed by atoms with Crippen LogP contribution in [0.4, 0.5) is 16.0 Å². The molecule has 0 radical (unpaired) electrons. The number of hydrogen-bond donors (Lipinski definition) is 2. The molecule has 100 valence electrons. The van der Waals surface area contributed by atoms with Crippen molar-refractivity contribution in [3.63, 3.8) is 0 Å². The van der Waals surface area contributed by atoms with E-state index < -0.39 is 0 Å². The number of rotatable bonds is 4. The maximum atomic E-state index is 13.4. The number of aromatic nitrogens is 2. The Labute approximate surface area is 109 Å². The zero-order valence-corrected chi connectivity index (χ0v) is 10.7. The van der Waals surface area contributed by atoms with E-state index in [1.165, 1.54) is 19.2 Å². The van der Waals surface area contributed by atoms with Gasteiger partial charge in [0.25, 0.3) is 5.56 Å². The Balaban J connectivity index is 2.32. The Kier molecular flexibility index (Phi) is 3.91. The molecule has 2 N–H and O–H groups in total. The lowest BCUT2D eigenvalue weighted by molar-refractivity contribution is 0.181. The first-order valence-electron chi connectivity index (χ1n) is 5.71. The zero-order valence-electron chi connectivity index (χ0n) is 10.7. The number of methoxy groups -OCH3 is 1. The maximum Gasteiger partial charge on any atom is 0.252 e. The molecule has 19 heavy (non-hydrogen) atoms. The highest BCUT2D eigenvalue weighted by atomic mass is 19.1. The molecule has 0 amide bonds. The Morgan fingerprint density at radius 3 is 3.00 bits per heavy atom. The van der Waals surface area contributed by atoms with Crippen molar-refractivity contribution in [3.8, 4) is 0 Å². The summed E-state index contributed by atoms with van der Waals surface area (Å²) in [5.41, 5.74) is 1.22. The molecule has 0 aliphatic rings. The standard InChI is InChI=1S/C13H14FN3O2/c1-8-10(14)4-3-5-11(8)16-13-15-9(7-19-2)6-12(18)17-13/h3-6H,7H2,1-2H3,(H2,15,16,17,18). The zero-order chi connectivity index (χ0) is 13.8. The average molecular weight is 263 g/mol. The SMILES string of the molecule is COCc1cc(=O)[nH]c(Nc2cccc(F)c2C)n1. The summed E-state index contributed by atoms with van der Waals surface area (Å²) in [6.07, 6.45) is 0. The van der Waals surface area contributed by atoms with Crippen molar-refractivity contribution >= 4 is 11.6 Å². The fraction of sp³-hybridized carbons (Fsp3) is 0.231. The molecule has 6 heteroatoms. The molecule has 0 unspecified atom stereocenters. The number of benzene rings is 1. The van der Waals surface area contributed by atoms with E-state index in [0.29, 0.717) is 16.9 Å². The van der Waals surface area contributed by atoms with Gasteiger partial charge < -0.3 is 10.1 Å². The molecule has 0 aliphatic heterocycles. The van der Waals surface area contributed by atoms with Crippen LogP contribution in [-0.4, -0.2) is 17.1 Å². The number of halogens is 1. The second kappa shape index (κ2) is 5.62. The summed E-state index contributed by atoms with van der Waals surface area (Å²) >= 11 is 0. The number of aromatic amines is 1. The Hall–Kier alpha value is -2.21. The summed E-state index contributed by atoms with van der Waals surface area (Å²) in [5.74, 6) is -0.0614. The third kappa shape index (κ3) is 3.17. The lowest BCUT2D eigenvalue weighted by atomic mass is 10.2. The second-order valence-corrected chi connectivity index (χ2v) is 4.06. The van der Waals surface area contributed by atoms with E-state index in [1.54, 1.807) is 19.1 Å². The number of nitrogens with one attached hydrogen (secondary N) is 2. The van der Waals surface area contributed by atoms with E-state index in [-0.39, 0.29) is 23.9 Å². The van der Waals surface area contributed by atoms with Gasteiger partial charge in [-0.25, -0.2) is 9.37 Å². The van der Waals surface area contributed by atoms with Crippen LogP contribution in [0.2, 0.25) is 0 Å². The fourth-order valence-corrected chi connectivity index (χ4v) is 1.66. The Morgan fingerprint density at radius 2 is 2.26 bits per heavy atom. The van der Waals surface area contributed by atoms with Gasteiger partial charge in [-0.05, 0) is 19.1 Å². The second-order valence-electron chi connectivity index (χ2n) is 4.06. The molecule has 0 atom stereocenters. The first-order valence-corrected chi connectivity index (χ1v) is 5.71. The quantitative estimate of drug-likeness (QED) is 0.886. The lowest BCUT2D eigenvalue weighted by Gasteiger charge is -2.09. The van der Waals surface area contributed by atoms with Crippen LogP contribution in [0.3, 0.4) is 0 Å². The molecule has 1 aromatic heterocycles. The number of ether oxygens (including phenoxy) is 1. The first kappa shape index (κ1) is 13.2. The molecule has 0 bridgehead atoms. The van der Waals surface area contributed by atoms with Crippen molar-refractivity contribution in [1.29, 1.82) is 0 Å². The van der Waals surface area contributed by atoms with Crippen molar-refractivity contribution in [1.82, 2.24) is 9.97 Å². The van der Waals surface area contributed by atoms with Crippen LogP contribution in [0.15, 0.2) is 29.1 Å². The highest BCUT2D eigenvalue weighted by molar-refractivity contribution is 5.58. The van der Waals surface area contributed by atoms with Crippen LogP contribution in [0.1, 0.15) is 11.3 Å². The highest BCUT2D eigenvalue weighted by Gasteiger charge is 2.06. The van der Waals surface area contributed by atoms with Crippen molar-refractivity contribution < 1.29 is 9.13 Å². The highest BCUT2D eigenvalue weighted by Crippen LogP contribution is 2.19. The monoisotopic (exact) mass is 263 g/mol. The van der Waals surface area contributed by atoms with E-state index in [2.05, 4.69) is 15.3 Å². The van der Waals surface area contributed by atoms with Gasteiger partial charge in [0.1, 0.15) is 5.82 Å². The summed E-state index contributed by atoms with van der Waals surface area (Å²) in [7, 11) is 1.52. The number of hydrogen-bond acceptors (Lipinski definition) is 4. The van der Waals surface area contributed by atoms with Crippen molar-refractivity contribution in [3.05, 3.63) is 51.7 Å². The molecular formula is C13H14FN3O2. The van der Waals surface area contributed by atoms with Gasteiger partial charge in [-0.1, -0.05) is 6.07 Å². The molecular weight excluding hydrogens is 249 g/mol. The van der Waals surface area contributed by atoms with Gasteiger partial charge in [-0.15, -0.1) is 0 Å². The van der Waals surface area contributed by atoms with Gasteiger partial charge in [-0.3, -0.25) is 9.78 Å². The minimum Gasteiger partial charge on any atom is -0.378 e. The molecule has 0 saturated carbocycles. The largest absolute Gasteiger partial charge is 0.378 e. The predicted molar refractivity (Wildman–Crippen MR) is 70.0 cm³/mol. The predicted octanol–water partition coefficient (Wildman–Crippen LogP) is 2.11. The molecule has 1 heterocycles. The van der Waals surface area contributed by atoms with Crippen LogP contribution in [0, 0.1) is 12.7 Å². The molecule has 5 nitrogen and oxygen atoms in total. The molecule has 0 aliphatic carbocycles. The van der Waals surface area contributed by atoms with E-state index in [1.807, 2.05) is 0 Å². The van der Waals surface area contributed by atoms with Gasteiger partial charge >= 0.3 is 0 Å². The normalized spacial score (nSPS) is 10.5. The van der Waals surface area contributed by atoms with Crippen LogP contribution in [0.25, 0.3) is 0 Å². The average Bonchev–Trinajstić information content (AvgIpc) is 2.35. The van der Waals surface area contributed by atoms with Crippen LogP contribution >= 0.6 is 0 Å². The maximum absolute atomic E-state index is 13.4. The lowest BCUT2D eigenvalue weighted by Crippen LogP contribution is -2.13. The summed E-state index contributed by atoms with van der Waals surface area (Å²) in [5, 5.41) is 2.89. The van der Waals surface area contributed by atoms with Gasteiger partial charge in [0, 0.05) is 24.4 Å². The fourth-order valence-electron chi connectivity index (χ4n) is 1.66. The minimum atomic E-state index is -0.319. The molecule has 0 spiro atoms. The topological polar surface area (TPSA) is 67.0 Å². The molecule has 2 aromatic rings. The molecule has 0 fully saturated rings. The summed E-state index contributed by atoms with van der Waals surface area (Å²) < 4.78 is 18.3. The van der Waals surface area contributed by atoms with Gasteiger partial charge in [0.2, 0.25) is 5.95 Å². The number of anilines is 2. The van der Waals surface area contributed by atoms with Gasteiger partial charge in [-0.2, -0.15) is 0 Å². The Bertz CT molecular complexity index is 640. The van der Waals surface area contributed by atoms with Crippen LogP contribution in [0.5, 0.6) is 0 Å². The van der Waals surface area contributed by atoms with E-state index in [4.69, 9.17) is 4.74 Å². The third-order valence-electron chi connectivity index (χ3n) is 2.61. The minimum absolute atomic E-state index is 0.237. The van der Waals surface area contributed by atoms with Crippen molar-refractivity contribution in [2.45, 2.75) is 13.5 Å². The Morgan fingerprint density at radius 1 is 1.47 bits per heavy atom.